The van der Waals surface area contributed by atoms with Gasteiger partial charge in [0, 0.05) is 35.8 Å². The molecule has 0 saturated heterocycles. The molecule has 0 unspecified atom stereocenters. The van der Waals surface area contributed by atoms with Crippen molar-refractivity contribution in [1.82, 2.24) is 9.97 Å². The molecule has 2 aromatic rings. The predicted octanol–water partition coefficient (Wildman–Crippen LogP) is 4.18. The molecular formula is C17H21ClFN3O. The first-order valence-electron chi connectivity index (χ1n) is 7.50. The van der Waals surface area contributed by atoms with Gasteiger partial charge < -0.3 is 10.4 Å². The van der Waals surface area contributed by atoms with Gasteiger partial charge in [-0.05, 0) is 39.3 Å². The fourth-order valence-corrected chi connectivity index (χ4v) is 2.26. The Labute approximate surface area is 140 Å². The van der Waals surface area contributed by atoms with Gasteiger partial charge in [0.25, 0.3) is 0 Å². The minimum atomic E-state index is -1.43. The van der Waals surface area contributed by atoms with Gasteiger partial charge in [-0.15, -0.1) is 0 Å². The fraction of sp³-hybridized carbons (Fsp3) is 0.412. The standard InChI is InChI=1S/C17H21ClFN3O/c1-11(23)6-7-20-15-8-16(18)22-10-13(15)14-5-4-12(9-21-14)17(2,3)19/h4-5,8-11,23H,6-7H2,1-3H3,(H,20,22)/t11-/m0/s1. The van der Waals surface area contributed by atoms with Gasteiger partial charge >= 0.3 is 0 Å². The van der Waals surface area contributed by atoms with E-state index >= 15 is 0 Å². The zero-order chi connectivity index (χ0) is 17.0. The minimum absolute atomic E-state index is 0.370. The van der Waals surface area contributed by atoms with E-state index in [9.17, 15) is 9.50 Å². The number of pyridine rings is 2. The molecule has 2 rings (SSSR count). The summed E-state index contributed by atoms with van der Waals surface area (Å²) < 4.78 is 13.9. The highest BCUT2D eigenvalue weighted by atomic mass is 35.5. The van der Waals surface area contributed by atoms with E-state index in [1.165, 1.54) is 20.0 Å². The largest absolute Gasteiger partial charge is 0.393 e. The average Bonchev–Trinajstić information content (AvgIpc) is 2.46. The quantitative estimate of drug-likeness (QED) is 0.776. The average molecular weight is 338 g/mol. The lowest BCUT2D eigenvalue weighted by Gasteiger charge is -2.16. The van der Waals surface area contributed by atoms with Crippen molar-refractivity contribution in [1.29, 1.82) is 0 Å². The zero-order valence-corrected chi connectivity index (χ0v) is 14.2. The molecule has 4 nitrogen and oxygen atoms in total. The van der Waals surface area contributed by atoms with E-state index in [1.54, 1.807) is 31.3 Å². The number of aliphatic hydroxyl groups excluding tert-OH is 1. The molecule has 0 bridgehead atoms. The highest BCUT2D eigenvalue weighted by Gasteiger charge is 2.19. The van der Waals surface area contributed by atoms with Crippen LogP contribution in [0, 0.1) is 0 Å². The third kappa shape index (κ3) is 4.88. The summed E-state index contributed by atoms with van der Waals surface area (Å²) in [6.45, 7) is 5.33. The Bertz CT molecular complexity index is 654. The van der Waals surface area contributed by atoms with Crippen molar-refractivity contribution in [3.05, 3.63) is 41.3 Å². The second kappa shape index (κ2) is 7.23. The van der Waals surface area contributed by atoms with Crippen molar-refractivity contribution in [3.63, 3.8) is 0 Å². The van der Waals surface area contributed by atoms with Crippen molar-refractivity contribution < 1.29 is 9.50 Å². The third-order valence-corrected chi connectivity index (χ3v) is 3.68. The first kappa shape index (κ1) is 17.6. The van der Waals surface area contributed by atoms with Crippen LogP contribution in [0.2, 0.25) is 5.15 Å². The molecule has 0 aromatic carbocycles. The molecular weight excluding hydrogens is 317 g/mol. The maximum Gasteiger partial charge on any atom is 0.131 e. The third-order valence-electron chi connectivity index (χ3n) is 3.47. The lowest BCUT2D eigenvalue weighted by atomic mass is 10.0. The first-order valence-corrected chi connectivity index (χ1v) is 7.88. The Morgan fingerprint density at radius 1 is 1.30 bits per heavy atom. The summed E-state index contributed by atoms with van der Waals surface area (Å²) in [7, 11) is 0. The number of nitrogens with one attached hydrogen (secondary N) is 1. The van der Waals surface area contributed by atoms with Crippen LogP contribution >= 0.6 is 11.6 Å². The van der Waals surface area contributed by atoms with E-state index in [2.05, 4.69) is 15.3 Å². The molecule has 0 spiro atoms. The second-order valence-electron chi connectivity index (χ2n) is 6.02. The maximum atomic E-state index is 13.9. The Hall–Kier alpha value is -1.72. The van der Waals surface area contributed by atoms with E-state index in [0.29, 0.717) is 29.4 Å². The van der Waals surface area contributed by atoms with Crippen LogP contribution in [-0.4, -0.2) is 27.7 Å². The van der Waals surface area contributed by atoms with Gasteiger partial charge in [0.15, 0.2) is 0 Å². The Kier molecular flexibility index (Phi) is 5.55. The van der Waals surface area contributed by atoms with E-state index in [0.717, 1.165) is 11.3 Å². The SMILES string of the molecule is C[C@H](O)CCNc1cc(Cl)ncc1-c1ccc(C(C)(C)F)cn1. The van der Waals surface area contributed by atoms with Gasteiger partial charge in [0.2, 0.25) is 0 Å². The van der Waals surface area contributed by atoms with E-state index < -0.39 is 5.67 Å². The molecule has 2 heterocycles. The summed E-state index contributed by atoms with van der Waals surface area (Å²) >= 11 is 5.96. The molecule has 2 aromatic heterocycles. The molecule has 0 aliphatic heterocycles. The van der Waals surface area contributed by atoms with Crippen molar-refractivity contribution in [3.8, 4) is 11.3 Å². The smallest absolute Gasteiger partial charge is 0.131 e. The van der Waals surface area contributed by atoms with Crippen LogP contribution in [0.5, 0.6) is 0 Å². The van der Waals surface area contributed by atoms with Gasteiger partial charge in [-0.3, -0.25) is 4.98 Å². The van der Waals surface area contributed by atoms with E-state index in [4.69, 9.17) is 11.6 Å². The molecule has 1 atom stereocenters. The van der Waals surface area contributed by atoms with Crippen LogP contribution in [0.15, 0.2) is 30.6 Å². The van der Waals surface area contributed by atoms with Crippen molar-refractivity contribution in [2.75, 3.05) is 11.9 Å². The van der Waals surface area contributed by atoms with Gasteiger partial charge in [-0.25, -0.2) is 9.37 Å². The van der Waals surface area contributed by atoms with Gasteiger partial charge in [-0.1, -0.05) is 17.7 Å². The molecule has 23 heavy (non-hydrogen) atoms. The number of hydrogen-bond donors (Lipinski definition) is 2. The highest BCUT2D eigenvalue weighted by molar-refractivity contribution is 6.29. The summed E-state index contributed by atoms with van der Waals surface area (Å²) in [6.07, 6.45) is 3.40. The summed E-state index contributed by atoms with van der Waals surface area (Å²) in [5, 5.41) is 13.0. The van der Waals surface area contributed by atoms with Gasteiger partial charge in [0.05, 0.1) is 11.8 Å². The molecule has 0 aliphatic rings. The maximum absolute atomic E-state index is 13.9. The summed E-state index contributed by atoms with van der Waals surface area (Å²) in [5.74, 6) is 0. The Morgan fingerprint density at radius 3 is 2.61 bits per heavy atom. The van der Waals surface area contributed by atoms with Gasteiger partial charge in [-0.2, -0.15) is 0 Å². The normalized spacial score (nSPS) is 13.0. The summed E-state index contributed by atoms with van der Waals surface area (Å²) in [6, 6.07) is 5.20. The molecule has 0 amide bonds. The molecule has 0 saturated carbocycles. The van der Waals surface area contributed by atoms with Crippen LogP contribution < -0.4 is 5.32 Å². The number of alkyl halides is 1. The van der Waals surface area contributed by atoms with Crippen LogP contribution in [-0.2, 0) is 5.67 Å². The topological polar surface area (TPSA) is 58.0 Å². The van der Waals surface area contributed by atoms with Crippen LogP contribution in [0.3, 0.4) is 0 Å². The Balaban J connectivity index is 2.27. The number of aromatic nitrogens is 2. The van der Waals surface area contributed by atoms with Gasteiger partial charge in [0.1, 0.15) is 10.8 Å². The second-order valence-corrected chi connectivity index (χ2v) is 6.41. The van der Waals surface area contributed by atoms with Crippen LogP contribution in [0.4, 0.5) is 10.1 Å². The van der Waals surface area contributed by atoms with Crippen molar-refractivity contribution >= 4 is 17.3 Å². The fourth-order valence-electron chi connectivity index (χ4n) is 2.10. The van der Waals surface area contributed by atoms with Crippen LogP contribution in [0.25, 0.3) is 11.3 Å². The number of anilines is 1. The number of rotatable bonds is 6. The summed E-state index contributed by atoms with van der Waals surface area (Å²) in [4.78, 5) is 8.43. The van der Waals surface area contributed by atoms with E-state index in [-0.39, 0.29) is 6.10 Å². The molecule has 6 heteroatoms. The lowest BCUT2D eigenvalue weighted by Crippen LogP contribution is -2.11. The number of halogens is 2. The monoisotopic (exact) mass is 337 g/mol. The summed E-state index contributed by atoms with van der Waals surface area (Å²) in [5.41, 5.74) is 1.34. The molecule has 124 valence electrons. The molecule has 0 radical (unpaired) electrons. The van der Waals surface area contributed by atoms with Crippen molar-refractivity contribution in [2.45, 2.75) is 39.0 Å². The number of aliphatic hydroxyl groups is 1. The van der Waals surface area contributed by atoms with E-state index in [1.807, 2.05) is 0 Å². The lowest BCUT2D eigenvalue weighted by molar-refractivity contribution is 0.189. The number of nitrogens with zero attached hydrogens (tertiary/aromatic N) is 2. The Morgan fingerprint density at radius 2 is 2.04 bits per heavy atom. The molecule has 0 fully saturated rings. The highest BCUT2D eigenvalue weighted by Crippen LogP contribution is 2.30. The predicted molar refractivity (Wildman–Crippen MR) is 91.4 cm³/mol. The van der Waals surface area contributed by atoms with Crippen molar-refractivity contribution in [2.24, 2.45) is 0 Å². The molecule has 0 aliphatic carbocycles. The molecule has 2 N–H and O–H groups in total. The van der Waals surface area contributed by atoms with Crippen LogP contribution in [0.1, 0.15) is 32.8 Å². The number of hydrogen-bond acceptors (Lipinski definition) is 4. The zero-order valence-electron chi connectivity index (χ0n) is 13.5. The minimum Gasteiger partial charge on any atom is -0.393 e. The first-order chi connectivity index (χ1) is 10.8.